The maximum atomic E-state index is 12.5. The van der Waals surface area contributed by atoms with E-state index in [4.69, 9.17) is 9.15 Å². The van der Waals surface area contributed by atoms with Crippen molar-refractivity contribution in [3.05, 3.63) is 59.5 Å². The van der Waals surface area contributed by atoms with Crippen LogP contribution in [0.5, 0.6) is 0 Å². The molecule has 0 aliphatic carbocycles. The summed E-state index contributed by atoms with van der Waals surface area (Å²) in [5, 5.41) is 0. The number of carbonyl (C=O) groups is 1. The first-order valence-electron chi connectivity index (χ1n) is 9.84. The molecule has 0 bridgehead atoms. The van der Waals surface area contributed by atoms with E-state index < -0.39 is 0 Å². The minimum Gasteiger partial charge on any atom is -0.465 e. The van der Waals surface area contributed by atoms with Crippen molar-refractivity contribution in [2.75, 3.05) is 26.2 Å². The summed E-state index contributed by atoms with van der Waals surface area (Å²) in [6, 6.07) is 14.4. The molecule has 1 aromatic heterocycles. The highest BCUT2D eigenvalue weighted by atomic mass is 16.6. The zero-order chi connectivity index (χ0) is 18.9. The van der Waals surface area contributed by atoms with E-state index in [1.807, 2.05) is 42.2 Å². The second-order valence-corrected chi connectivity index (χ2v) is 8.03. The average molecular weight is 368 g/mol. The molecule has 4 rings (SSSR count). The molecule has 144 valence electrons. The molecular weight excluding hydrogens is 340 g/mol. The number of benzene rings is 1. The third-order valence-electron chi connectivity index (χ3n) is 5.85. The van der Waals surface area contributed by atoms with E-state index in [1.54, 1.807) is 0 Å². The maximum absolute atomic E-state index is 12.5. The molecule has 2 saturated heterocycles. The summed E-state index contributed by atoms with van der Waals surface area (Å²) in [7, 11) is 0. The van der Waals surface area contributed by atoms with Gasteiger partial charge in [0.25, 0.3) is 0 Å². The highest BCUT2D eigenvalue weighted by Gasteiger charge is 2.47. The minimum absolute atomic E-state index is 0.159. The molecule has 0 saturated carbocycles. The molecule has 0 radical (unpaired) electrons. The fraction of sp³-hybridized carbons (Fsp3) is 0.500. The lowest BCUT2D eigenvalue weighted by molar-refractivity contribution is -0.00266. The second-order valence-electron chi connectivity index (χ2n) is 8.03. The summed E-state index contributed by atoms with van der Waals surface area (Å²) >= 11 is 0. The number of furan rings is 1. The first kappa shape index (κ1) is 18.1. The molecule has 1 amide bonds. The first-order valence-corrected chi connectivity index (χ1v) is 9.84. The zero-order valence-electron chi connectivity index (χ0n) is 16.2. The predicted molar refractivity (Wildman–Crippen MR) is 104 cm³/mol. The van der Waals surface area contributed by atoms with Crippen LogP contribution < -0.4 is 0 Å². The normalized spacial score (nSPS) is 20.8. The van der Waals surface area contributed by atoms with Crippen LogP contribution in [0.25, 0.3) is 0 Å². The second kappa shape index (κ2) is 7.39. The smallest absolute Gasteiger partial charge is 0.410 e. The van der Waals surface area contributed by atoms with Crippen molar-refractivity contribution < 1.29 is 13.9 Å². The first-order chi connectivity index (χ1) is 13.0. The van der Waals surface area contributed by atoms with Crippen LogP contribution in [0.3, 0.4) is 0 Å². The number of hydrogen-bond donors (Lipinski definition) is 0. The Morgan fingerprint density at radius 1 is 1.11 bits per heavy atom. The van der Waals surface area contributed by atoms with E-state index in [2.05, 4.69) is 24.0 Å². The van der Waals surface area contributed by atoms with Gasteiger partial charge in [-0.15, -0.1) is 0 Å². The Morgan fingerprint density at radius 3 is 2.52 bits per heavy atom. The molecule has 2 fully saturated rings. The van der Waals surface area contributed by atoms with Crippen LogP contribution in [0.2, 0.25) is 0 Å². The largest absolute Gasteiger partial charge is 0.465 e. The van der Waals surface area contributed by atoms with Gasteiger partial charge in [-0.25, -0.2) is 4.79 Å². The molecule has 1 atom stereocenters. The standard InChI is InChI=1S/C22H28N2O3/c1-17(19-6-4-3-5-7-19)14-24-16-22(27-21(24)25)10-12-23(13-11-22)15-20-9-8-18(2)26-20/h3-9,17H,10-16H2,1-2H3/t17-/m1/s1. The van der Waals surface area contributed by atoms with Crippen molar-refractivity contribution in [2.45, 2.75) is 44.8 Å². The Hall–Kier alpha value is -2.27. The number of nitrogens with zero attached hydrogens (tertiary/aromatic N) is 2. The van der Waals surface area contributed by atoms with Crippen molar-refractivity contribution in [2.24, 2.45) is 0 Å². The molecule has 0 N–H and O–H groups in total. The van der Waals surface area contributed by atoms with Gasteiger partial charge in [0.1, 0.15) is 17.1 Å². The Kier molecular flexibility index (Phi) is 4.96. The number of hydrogen-bond acceptors (Lipinski definition) is 4. The Morgan fingerprint density at radius 2 is 1.85 bits per heavy atom. The molecule has 2 aliphatic heterocycles. The molecular formula is C22H28N2O3. The number of aryl methyl sites for hydroxylation is 1. The third kappa shape index (κ3) is 4.03. The van der Waals surface area contributed by atoms with Crippen molar-refractivity contribution in [1.29, 1.82) is 0 Å². The molecule has 2 aromatic rings. The lowest BCUT2D eigenvalue weighted by Crippen LogP contribution is -2.46. The van der Waals surface area contributed by atoms with E-state index in [-0.39, 0.29) is 11.7 Å². The molecule has 1 spiro atoms. The minimum atomic E-state index is -0.316. The average Bonchev–Trinajstić information content (AvgIpc) is 3.21. The van der Waals surface area contributed by atoms with Crippen molar-refractivity contribution >= 4 is 6.09 Å². The van der Waals surface area contributed by atoms with Crippen LogP contribution in [0.15, 0.2) is 46.9 Å². The lowest BCUT2D eigenvalue weighted by atomic mass is 9.91. The molecule has 5 heteroatoms. The molecule has 0 unspecified atom stereocenters. The highest BCUT2D eigenvalue weighted by molar-refractivity contribution is 5.70. The van der Waals surface area contributed by atoms with Crippen molar-refractivity contribution in [3.8, 4) is 0 Å². The summed E-state index contributed by atoms with van der Waals surface area (Å²) < 4.78 is 11.6. The number of amides is 1. The third-order valence-corrected chi connectivity index (χ3v) is 5.85. The molecule has 3 heterocycles. The lowest BCUT2D eigenvalue weighted by Gasteiger charge is -2.37. The molecule has 5 nitrogen and oxygen atoms in total. The molecule has 1 aromatic carbocycles. The van der Waals surface area contributed by atoms with Gasteiger partial charge in [-0.2, -0.15) is 0 Å². The Balaban J connectivity index is 1.32. The summed E-state index contributed by atoms with van der Waals surface area (Å²) in [6.07, 6.45) is 1.61. The summed E-state index contributed by atoms with van der Waals surface area (Å²) in [6.45, 7) is 8.23. The Bertz CT molecular complexity index is 778. The summed E-state index contributed by atoms with van der Waals surface area (Å²) in [5.41, 5.74) is 0.943. The van der Waals surface area contributed by atoms with Crippen LogP contribution in [0, 0.1) is 6.92 Å². The van der Waals surface area contributed by atoms with Crippen LogP contribution in [-0.2, 0) is 11.3 Å². The van der Waals surface area contributed by atoms with Gasteiger partial charge in [-0.05, 0) is 30.5 Å². The number of carbonyl (C=O) groups excluding carboxylic acids is 1. The van der Waals surface area contributed by atoms with Gasteiger partial charge in [0.05, 0.1) is 13.1 Å². The van der Waals surface area contributed by atoms with Gasteiger partial charge in [0.2, 0.25) is 0 Å². The van der Waals surface area contributed by atoms with Crippen LogP contribution in [-0.4, -0.2) is 47.7 Å². The zero-order valence-corrected chi connectivity index (χ0v) is 16.2. The summed E-state index contributed by atoms with van der Waals surface area (Å²) in [4.78, 5) is 16.7. The predicted octanol–water partition coefficient (Wildman–Crippen LogP) is 4.18. The van der Waals surface area contributed by atoms with Crippen molar-refractivity contribution in [1.82, 2.24) is 9.80 Å². The van der Waals surface area contributed by atoms with E-state index in [0.29, 0.717) is 19.0 Å². The van der Waals surface area contributed by atoms with Crippen LogP contribution in [0.4, 0.5) is 4.79 Å². The number of rotatable bonds is 5. The maximum Gasteiger partial charge on any atom is 0.410 e. The van der Waals surface area contributed by atoms with E-state index in [9.17, 15) is 4.79 Å². The fourth-order valence-electron chi connectivity index (χ4n) is 4.22. The number of piperidine rings is 1. The summed E-state index contributed by atoms with van der Waals surface area (Å²) in [5.74, 6) is 2.26. The van der Waals surface area contributed by atoms with Gasteiger partial charge < -0.3 is 14.1 Å². The van der Waals surface area contributed by atoms with E-state index in [0.717, 1.165) is 44.0 Å². The van der Waals surface area contributed by atoms with E-state index in [1.165, 1.54) is 5.56 Å². The van der Waals surface area contributed by atoms with Gasteiger partial charge in [0.15, 0.2) is 0 Å². The molecule has 27 heavy (non-hydrogen) atoms. The monoisotopic (exact) mass is 368 g/mol. The number of ether oxygens (including phenoxy) is 1. The topological polar surface area (TPSA) is 45.9 Å². The Labute approximate surface area is 160 Å². The van der Waals surface area contributed by atoms with Gasteiger partial charge in [-0.3, -0.25) is 4.90 Å². The van der Waals surface area contributed by atoms with E-state index >= 15 is 0 Å². The van der Waals surface area contributed by atoms with Gasteiger partial charge >= 0.3 is 6.09 Å². The SMILES string of the molecule is Cc1ccc(CN2CCC3(CC2)CN(C[C@@H](C)c2ccccc2)C(=O)O3)o1. The quantitative estimate of drug-likeness (QED) is 0.794. The van der Waals surface area contributed by atoms with Gasteiger partial charge in [-0.1, -0.05) is 37.3 Å². The number of likely N-dealkylation sites (tertiary alicyclic amines) is 1. The highest BCUT2D eigenvalue weighted by Crippen LogP contribution is 2.34. The van der Waals surface area contributed by atoms with Crippen LogP contribution in [0.1, 0.15) is 42.8 Å². The van der Waals surface area contributed by atoms with Crippen LogP contribution >= 0.6 is 0 Å². The van der Waals surface area contributed by atoms with Crippen molar-refractivity contribution in [3.63, 3.8) is 0 Å². The molecule has 2 aliphatic rings. The van der Waals surface area contributed by atoms with Gasteiger partial charge in [0, 0.05) is 32.5 Å². The fourth-order valence-corrected chi connectivity index (χ4v) is 4.22.